The van der Waals surface area contributed by atoms with Crippen LogP contribution in [0.1, 0.15) is 19.8 Å². The van der Waals surface area contributed by atoms with Gasteiger partial charge in [-0.2, -0.15) is 0 Å². The first-order valence-electron chi connectivity index (χ1n) is 3.66. The number of carbonyl (C=O) groups is 1. The highest BCUT2D eigenvalue weighted by Crippen LogP contribution is 2.36. The average Bonchev–Trinajstić information content (AvgIpc) is 2.07. The smallest absolute Gasteiger partial charge is 0.309 e. The zero-order chi connectivity index (χ0) is 9.35. The summed E-state index contributed by atoms with van der Waals surface area (Å²) in [6.45, 7) is 1.81. The van der Waals surface area contributed by atoms with E-state index in [-0.39, 0.29) is 24.4 Å². The third-order valence-electron chi connectivity index (χ3n) is 1.76. The first-order valence-corrected chi connectivity index (χ1v) is 4.79. The summed E-state index contributed by atoms with van der Waals surface area (Å²) in [5.41, 5.74) is 0. The fraction of sp³-hybridized carbons (Fsp3) is 0.857. The molecule has 1 aliphatic heterocycles. The van der Waals surface area contributed by atoms with Crippen molar-refractivity contribution < 1.29 is 9.53 Å². The Morgan fingerprint density at radius 2 is 2.17 bits per heavy atom. The van der Waals surface area contributed by atoms with E-state index in [0.29, 0.717) is 6.42 Å². The van der Waals surface area contributed by atoms with Crippen molar-refractivity contribution in [2.24, 2.45) is 5.92 Å². The van der Waals surface area contributed by atoms with Crippen molar-refractivity contribution in [3.63, 3.8) is 0 Å². The van der Waals surface area contributed by atoms with Gasteiger partial charge in [0.25, 0.3) is 0 Å². The van der Waals surface area contributed by atoms with Crippen molar-refractivity contribution in [2.45, 2.75) is 29.7 Å². The van der Waals surface area contributed by atoms with Crippen LogP contribution < -0.4 is 0 Å². The van der Waals surface area contributed by atoms with Crippen LogP contribution in [0.5, 0.6) is 0 Å². The van der Waals surface area contributed by atoms with Gasteiger partial charge in [0.05, 0.1) is 5.92 Å². The summed E-state index contributed by atoms with van der Waals surface area (Å²) in [6.07, 6.45) is 0.681. The first-order chi connectivity index (χ1) is 5.38. The van der Waals surface area contributed by atoms with Crippen LogP contribution in [0.25, 0.3) is 0 Å². The van der Waals surface area contributed by atoms with Gasteiger partial charge < -0.3 is 4.74 Å². The molecule has 0 N–H and O–H groups in total. The molecule has 1 heterocycles. The van der Waals surface area contributed by atoms with Gasteiger partial charge in [0, 0.05) is 6.42 Å². The lowest BCUT2D eigenvalue weighted by atomic mass is 10.1. The minimum Gasteiger partial charge on any atom is -0.462 e. The topological polar surface area (TPSA) is 26.3 Å². The Bertz CT molecular complexity index is 188. The number of hydrogen-bond donors (Lipinski definition) is 0. The third kappa shape index (κ3) is 3.00. The Hall–Kier alpha value is 0.340. The van der Waals surface area contributed by atoms with Crippen LogP contribution in [0, 0.1) is 5.92 Å². The molecule has 1 rings (SSSR count). The lowest BCUT2D eigenvalue weighted by Crippen LogP contribution is -2.16. The molecule has 0 bridgehead atoms. The van der Waals surface area contributed by atoms with Gasteiger partial charge in [-0.1, -0.05) is 41.7 Å². The van der Waals surface area contributed by atoms with Crippen molar-refractivity contribution in [2.75, 3.05) is 0 Å². The van der Waals surface area contributed by atoms with E-state index < -0.39 is 3.79 Å². The predicted octanol–water partition coefficient (Wildman–Crippen LogP) is 2.70. The number of alkyl halides is 3. The summed E-state index contributed by atoms with van der Waals surface area (Å²) in [5.74, 6) is -0.267. The number of rotatable bonds is 1. The molecular formula is C7H9Cl3O2. The van der Waals surface area contributed by atoms with Gasteiger partial charge in [-0.3, -0.25) is 4.79 Å². The molecule has 0 saturated carbocycles. The maximum Gasteiger partial charge on any atom is 0.309 e. The predicted molar refractivity (Wildman–Crippen MR) is 48.6 cm³/mol. The normalized spacial score (nSPS) is 30.5. The summed E-state index contributed by atoms with van der Waals surface area (Å²) in [4.78, 5) is 10.9. The van der Waals surface area contributed by atoms with Crippen LogP contribution in [0.2, 0.25) is 0 Å². The Labute approximate surface area is 86.1 Å². The lowest BCUT2D eigenvalue weighted by molar-refractivity contribution is -0.144. The Kier molecular flexibility index (Phi) is 3.13. The molecule has 0 aromatic carbocycles. The van der Waals surface area contributed by atoms with Gasteiger partial charge >= 0.3 is 5.97 Å². The Balaban J connectivity index is 2.43. The van der Waals surface area contributed by atoms with Crippen LogP contribution in [0.15, 0.2) is 0 Å². The molecule has 1 saturated heterocycles. The number of esters is 1. The molecule has 70 valence electrons. The second kappa shape index (κ2) is 3.60. The zero-order valence-electron chi connectivity index (χ0n) is 6.52. The molecule has 2 nitrogen and oxygen atoms in total. The SMILES string of the molecule is C[C@@H]1C[C@H](CC(Cl)(Cl)Cl)OC1=O. The molecule has 0 aromatic rings. The number of carbonyl (C=O) groups excluding carboxylic acids is 1. The summed E-state index contributed by atoms with van der Waals surface area (Å²) in [7, 11) is 0. The zero-order valence-corrected chi connectivity index (χ0v) is 8.79. The number of ether oxygens (including phenoxy) is 1. The average molecular weight is 232 g/mol. The maximum absolute atomic E-state index is 10.9. The van der Waals surface area contributed by atoms with Crippen LogP contribution in [-0.4, -0.2) is 15.9 Å². The van der Waals surface area contributed by atoms with Gasteiger partial charge in [0.1, 0.15) is 6.10 Å². The Morgan fingerprint density at radius 1 is 1.58 bits per heavy atom. The number of hydrogen-bond acceptors (Lipinski definition) is 2. The fourth-order valence-corrected chi connectivity index (χ4v) is 1.72. The number of cyclic esters (lactones) is 1. The quantitative estimate of drug-likeness (QED) is 0.512. The second-order valence-electron chi connectivity index (χ2n) is 3.01. The fourth-order valence-electron chi connectivity index (χ4n) is 1.20. The molecule has 0 amide bonds. The third-order valence-corrected chi connectivity index (χ3v) is 2.22. The van der Waals surface area contributed by atoms with E-state index in [1.807, 2.05) is 0 Å². The Morgan fingerprint density at radius 3 is 2.50 bits per heavy atom. The molecule has 1 aliphatic rings. The maximum atomic E-state index is 10.9. The minimum absolute atomic E-state index is 0.0673. The van der Waals surface area contributed by atoms with Crippen LogP contribution in [-0.2, 0) is 9.53 Å². The standard InChI is InChI=1S/C7H9Cl3O2/c1-4-2-5(12-6(4)11)3-7(8,9)10/h4-5H,2-3H2,1H3/t4-,5-/m1/s1. The molecule has 12 heavy (non-hydrogen) atoms. The molecule has 5 heteroatoms. The van der Waals surface area contributed by atoms with Gasteiger partial charge in [-0.05, 0) is 6.42 Å². The summed E-state index contributed by atoms with van der Waals surface area (Å²) in [6, 6.07) is 0. The summed E-state index contributed by atoms with van der Waals surface area (Å²) in [5, 5.41) is 0. The van der Waals surface area contributed by atoms with E-state index in [1.54, 1.807) is 6.92 Å². The highest BCUT2D eigenvalue weighted by Gasteiger charge is 2.36. The van der Waals surface area contributed by atoms with Crippen molar-refractivity contribution in [3.8, 4) is 0 Å². The van der Waals surface area contributed by atoms with E-state index in [2.05, 4.69) is 0 Å². The first kappa shape index (κ1) is 10.4. The monoisotopic (exact) mass is 230 g/mol. The van der Waals surface area contributed by atoms with E-state index in [9.17, 15) is 4.79 Å². The van der Waals surface area contributed by atoms with E-state index >= 15 is 0 Å². The number of halogens is 3. The summed E-state index contributed by atoms with van der Waals surface area (Å²) >= 11 is 16.6. The van der Waals surface area contributed by atoms with E-state index in [1.165, 1.54) is 0 Å². The van der Waals surface area contributed by atoms with Crippen molar-refractivity contribution in [3.05, 3.63) is 0 Å². The molecule has 0 aliphatic carbocycles. The lowest BCUT2D eigenvalue weighted by Gasteiger charge is -2.14. The van der Waals surface area contributed by atoms with Gasteiger partial charge in [0.2, 0.25) is 0 Å². The highest BCUT2D eigenvalue weighted by molar-refractivity contribution is 6.67. The van der Waals surface area contributed by atoms with E-state index in [0.717, 1.165) is 0 Å². The largest absolute Gasteiger partial charge is 0.462 e. The molecule has 0 unspecified atom stereocenters. The molecule has 1 fully saturated rings. The second-order valence-corrected chi connectivity index (χ2v) is 5.53. The molecule has 0 aromatic heterocycles. The van der Waals surface area contributed by atoms with Crippen LogP contribution in [0.4, 0.5) is 0 Å². The molecule has 0 radical (unpaired) electrons. The van der Waals surface area contributed by atoms with Crippen LogP contribution in [0.3, 0.4) is 0 Å². The molecule has 2 atom stereocenters. The van der Waals surface area contributed by atoms with Gasteiger partial charge in [-0.25, -0.2) is 0 Å². The van der Waals surface area contributed by atoms with Gasteiger partial charge in [0.15, 0.2) is 3.79 Å². The summed E-state index contributed by atoms with van der Waals surface area (Å²) < 4.78 is 3.63. The molecule has 0 spiro atoms. The minimum atomic E-state index is -1.32. The van der Waals surface area contributed by atoms with Gasteiger partial charge in [-0.15, -0.1) is 0 Å². The van der Waals surface area contributed by atoms with Crippen molar-refractivity contribution >= 4 is 40.8 Å². The van der Waals surface area contributed by atoms with Crippen LogP contribution >= 0.6 is 34.8 Å². The van der Waals surface area contributed by atoms with Crippen molar-refractivity contribution in [1.29, 1.82) is 0 Å². The van der Waals surface area contributed by atoms with Crippen molar-refractivity contribution in [1.82, 2.24) is 0 Å². The molecular weight excluding hydrogens is 222 g/mol. The van der Waals surface area contributed by atoms with E-state index in [4.69, 9.17) is 39.5 Å². The highest BCUT2D eigenvalue weighted by atomic mass is 35.6.